The highest BCUT2D eigenvalue weighted by molar-refractivity contribution is 7.16. The predicted octanol–water partition coefficient (Wildman–Crippen LogP) is 2.17. The van der Waals surface area contributed by atoms with Gasteiger partial charge in [0.25, 0.3) is 5.91 Å². The third-order valence-corrected chi connectivity index (χ3v) is 4.90. The first kappa shape index (κ1) is 15.6. The summed E-state index contributed by atoms with van der Waals surface area (Å²) in [5, 5.41) is 12.9. The van der Waals surface area contributed by atoms with Gasteiger partial charge in [0, 0.05) is 31.6 Å². The van der Waals surface area contributed by atoms with Gasteiger partial charge in [-0.05, 0) is 0 Å². The van der Waals surface area contributed by atoms with E-state index < -0.39 is 17.4 Å². The molecular weight excluding hydrogens is 316 g/mol. The van der Waals surface area contributed by atoms with Crippen molar-refractivity contribution in [2.45, 2.75) is 18.4 Å². The van der Waals surface area contributed by atoms with Gasteiger partial charge in [-0.2, -0.15) is 0 Å². The number of ether oxygens (including phenoxy) is 1. The molecule has 1 fully saturated rings. The lowest BCUT2D eigenvalue weighted by atomic mass is 9.90. The van der Waals surface area contributed by atoms with Crippen molar-refractivity contribution in [2.24, 2.45) is 0 Å². The molecule has 6 nitrogen and oxygen atoms in total. The standard InChI is InChI=1S/C16H16N2O4S/c19-13(18-16(15(20)21)6-8-22-9-7-16)12-10-17-14(23-12)11-4-2-1-3-5-11/h1-5,10H,6-9H2,(H,18,19)(H,20,21). The Kier molecular flexibility index (Phi) is 4.40. The number of rotatable bonds is 4. The van der Waals surface area contributed by atoms with Crippen LogP contribution in [0.15, 0.2) is 36.5 Å². The number of aromatic nitrogens is 1. The SMILES string of the molecule is O=C(NC1(C(=O)O)CCOCC1)c1cnc(-c2ccccc2)s1. The van der Waals surface area contributed by atoms with Gasteiger partial charge in [-0.15, -0.1) is 11.3 Å². The van der Waals surface area contributed by atoms with Crippen LogP contribution in [-0.4, -0.2) is 40.7 Å². The minimum absolute atomic E-state index is 0.262. The number of carboxylic acids is 1. The third-order valence-electron chi connectivity index (χ3n) is 3.86. The lowest BCUT2D eigenvalue weighted by molar-refractivity contribution is -0.148. The normalized spacial score (nSPS) is 16.7. The van der Waals surface area contributed by atoms with Crippen molar-refractivity contribution in [2.75, 3.05) is 13.2 Å². The van der Waals surface area contributed by atoms with Gasteiger partial charge in [0.05, 0.1) is 6.20 Å². The third kappa shape index (κ3) is 3.25. The van der Waals surface area contributed by atoms with Crippen molar-refractivity contribution in [3.63, 3.8) is 0 Å². The fraction of sp³-hybridized carbons (Fsp3) is 0.312. The van der Waals surface area contributed by atoms with Crippen LogP contribution >= 0.6 is 11.3 Å². The smallest absolute Gasteiger partial charge is 0.329 e. The maximum Gasteiger partial charge on any atom is 0.329 e. The van der Waals surface area contributed by atoms with Crippen LogP contribution in [0.25, 0.3) is 10.6 Å². The fourth-order valence-corrected chi connectivity index (χ4v) is 3.30. The first-order valence-corrected chi connectivity index (χ1v) is 8.07. The van der Waals surface area contributed by atoms with E-state index in [9.17, 15) is 14.7 Å². The molecule has 0 aliphatic carbocycles. The highest BCUT2D eigenvalue weighted by atomic mass is 32.1. The van der Waals surface area contributed by atoms with Crippen LogP contribution < -0.4 is 5.32 Å². The number of nitrogens with zero attached hydrogens (tertiary/aromatic N) is 1. The zero-order chi connectivity index (χ0) is 16.3. The molecule has 0 unspecified atom stereocenters. The van der Waals surface area contributed by atoms with Gasteiger partial charge in [0.15, 0.2) is 0 Å². The van der Waals surface area contributed by atoms with E-state index in [2.05, 4.69) is 10.3 Å². The Morgan fingerprint density at radius 2 is 1.91 bits per heavy atom. The van der Waals surface area contributed by atoms with Crippen LogP contribution in [0.3, 0.4) is 0 Å². The average molecular weight is 332 g/mol. The molecule has 0 bridgehead atoms. The summed E-state index contributed by atoms with van der Waals surface area (Å²) in [7, 11) is 0. The van der Waals surface area contributed by atoms with E-state index in [1.54, 1.807) is 0 Å². The highest BCUT2D eigenvalue weighted by Gasteiger charge is 2.42. The lowest BCUT2D eigenvalue weighted by Crippen LogP contribution is -2.57. The summed E-state index contributed by atoms with van der Waals surface area (Å²) in [4.78, 5) is 28.7. The Balaban J connectivity index is 1.78. The molecule has 3 rings (SSSR count). The molecule has 1 amide bonds. The van der Waals surface area contributed by atoms with Crippen molar-refractivity contribution in [1.82, 2.24) is 10.3 Å². The van der Waals surface area contributed by atoms with E-state index in [1.807, 2.05) is 30.3 Å². The molecule has 1 aliphatic rings. The zero-order valence-corrected chi connectivity index (χ0v) is 13.1. The maximum absolute atomic E-state index is 12.4. The number of nitrogens with one attached hydrogen (secondary N) is 1. The summed E-state index contributed by atoms with van der Waals surface area (Å²) in [6, 6.07) is 9.54. The second kappa shape index (κ2) is 6.47. The Morgan fingerprint density at radius 1 is 1.22 bits per heavy atom. The summed E-state index contributed by atoms with van der Waals surface area (Å²) < 4.78 is 5.20. The molecule has 2 heterocycles. The molecule has 23 heavy (non-hydrogen) atoms. The van der Waals surface area contributed by atoms with Crippen LogP contribution in [0, 0.1) is 0 Å². The Hall–Kier alpha value is -2.25. The van der Waals surface area contributed by atoms with Crippen molar-refractivity contribution >= 4 is 23.2 Å². The molecule has 1 saturated heterocycles. The van der Waals surface area contributed by atoms with E-state index in [1.165, 1.54) is 17.5 Å². The molecule has 120 valence electrons. The van der Waals surface area contributed by atoms with Gasteiger partial charge >= 0.3 is 5.97 Å². The van der Waals surface area contributed by atoms with Crippen LogP contribution in [-0.2, 0) is 9.53 Å². The minimum atomic E-state index is -1.26. The van der Waals surface area contributed by atoms with Crippen LogP contribution in [0.5, 0.6) is 0 Å². The molecule has 1 aromatic heterocycles. The van der Waals surface area contributed by atoms with Gasteiger partial charge in [-0.3, -0.25) is 4.79 Å². The summed E-state index contributed by atoms with van der Waals surface area (Å²) in [5.74, 6) is -1.43. The van der Waals surface area contributed by atoms with E-state index in [-0.39, 0.29) is 12.8 Å². The quantitative estimate of drug-likeness (QED) is 0.896. The summed E-state index contributed by atoms with van der Waals surface area (Å²) in [6.45, 7) is 0.648. The van der Waals surface area contributed by atoms with E-state index in [4.69, 9.17) is 4.74 Å². The fourth-order valence-electron chi connectivity index (χ4n) is 2.48. The number of hydrogen-bond donors (Lipinski definition) is 2. The number of aliphatic carboxylic acids is 1. The summed E-state index contributed by atoms with van der Waals surface area (Å²) in [5.41, 5.74) is -0.331. The molecule has 1 aromatic carbocycles. The minimum Gasteiger partial charge on any atom is -0.480 e. The molecule has 2 N–H and O–H groups in total. The predicted molar refractivity (Wildman–Crippen MR) is 85.4 cm³/mol. The number of carbonyl (C=O) groups is 2. The highest BCUT2D eigenvalue weighted by Crippen LogP contribution is 2.26. The van der Waals surface area contributed by atoms with Crippen LogP contribution in [0.1, 0.15) is 22.5 Å². The van der Waals surface area contributed by atoms with Crippen LogP contribution in [0.2, 0.25) is 0 Å². The van der Waals surface area contributed by atoms with Crippen LogP contribution in [0.4, 0.5) is 0 Å². The molecule has 0 radical (unpaired) electrons. The van der Waals surface area contributed by atoms with E-state index >= 15 is 0 Å². The second-order valence-corrected chi connectivity index (χ2v) is 6.38. The Morgan fingerprint density at radius 3 is 2.57 bits per heavy atom. The number of amides is 1. The summed E-state index contributed by atoms with van der Waals surface area (Å²) >= 11 is 1.25. The van der Waals surface area contributed by atoms with Gasteiger partial charge in [0.2, 0.25) is 0 Å². The van der Waals surface area contributed by atoms with Crippen molar-refractivity contribution in [3.8, 4) is 10.6 Å². The molecule has 7 heteroatoms. The summed E-state index contributed by atoms with van der Waals surface area (Å²) in [6.07, 6.45) is 2.01. The van der Waals surface area contributed by atoms with E-state index in [0.29, 0.717) is 18.1 Å². The van der Waals surface area contributed by atoms with Gasteiger partial charge in [-0.1, -0.05) is 30.3 Å². The maximum atomic E-state index is 12.4. The van der Waals surface area contributed by atoms with E-state index in [0.717, 1.165) is 10.6 Å². The van der Waals surface area contributed by atoms with Gasteiger partial charge in [0.1, 0.15) is 15.4 Å². The van der Waals surface area contributed by atoms with Gasteiger partial charge < -0.3 is 15.2 Å². The number of carbonyl (C=O) groups excluding carboxylic acids is 1. The second-order valence-electron chi connectivity index (χ2n) is 5.35. The molecular formula is C16H16N2O4S. The molecule has 2 aromatic rings. The first-order chi connectivity index (χ1) is 11.1. The van der Waals surface area contributed by atoms with Crippen molar-refractivity contribution in [3.05, 3.63) is 41.4 Å². The average Bonchev–Trinajstić information content (AvgIpc) is 3.06. The number of carboxylic acid groups (broad SMARTS) is 1. The number of hydrogen-bond acceptors (Lipinski definition) is 5. The van der Waals surface area contributed by atoms with Crippen molar-refractivity contribution < 1.29 is 19.4 Å². The Bertz CT molecular complexity index is 708. The monoisotopic (exact) mass is 332 g/mol. The number of benzene rings is 1. The number of thiazole rings is 1. The lowest BCUT2D eigenvalue weighted by Gasteiger charge is -2.33. The molecule has 0 saturated carbocycles. The molecule has 0 atom stereocenters. The van der Waals surface area contributed by atoms with Crippen molar-refractivity contribution in [1.29, 1.82) is 0 Å². The Labute approximate surface area is 137 Å². The first-order valence-electron chi connectivity index (χ1n) is 7.26. The zero-order valence-electron chi connectivity index (χ0n) is 12.3. The molecule has 0 spiro atoms. The molecule has 1 aliphatic heterocycles. The topological polar surface area (TPSA) is 88.5 Å². The van der Waals surface area contributed by atoms with Gasteiger partial charge in [-0.25, -0.2) is 9.78 Å². The largest absolute Gasteiger partial charge is 0.480 e.